The number of hydrogen-bond acceptors (Lipinski definition) is 3. The average molecular weight is 718 g/mol. The molecule has 21 heteroatoms. The Morgan fingerprint density at radius 1 is 0.244 bits per heavy atom. The van der Waals surface area contributed by atoms with E-state index < -0.39 is 130 Å². The second kappa shape index (κ2) is 10.6. The van der Waals surface area contributed by atoms with Gasteiger partial charge in [0.15, 0.2) is 69.8 Å². The Kier molecular flexibility index (Phi) is 8.14. The molecule has 0 bridgehead atoms. The van der Waals surface area contributed by atoms with Gasteiger partial charge in [0.05, 0.1) is 0 Å². The summed E-state index contributed by atoms with van der Waals surface area (Å²) in [5, 5.41) is 0. The summed E-state index contributed by atoms with van der Waals surface area (Å²) in [7, 11) is -14.2. The minimum Gasteiger partial charge on any atom is -0.388 e. The third-order valence-electron chi connectivity index (χ3n) is 7.51. The van der Waals surface area contributed by atoms with Gasteiger partial charge in [-0.25, -0.2) is 65.9 Å². The zero-order valence-corrected chi connectivity index (χ0v) is 26.5. The Morgan fingerprint density at radius 3 is 0.489 bits per heavy atom. The molecule has 4 rings (SSSR count). The van der Waals surface area contributed by atoms with Crippen molar-refractivity contribution in [3.8, 4) is 0 Å². The number of anilines is 3. The van der Waals surface area contributed by atoms with Gasteiger partial charge in [-0.05, 0) is 39.3 Å². The minimum absolute atomic E-state index is 0.352. The van der Waals surface area contributed by atoms with Crippen LogP contribution in [0.1, 0.15) is 0 Å². The molecule has 1 fully saturated rings. The molecule has 0 unspecified atom stereocenters. The van der Waals surface area contributed by atoms with Gasteiger partial charge in [0.1, 0.15) is 17.1 Å². The maximum atomic E-state index is 15.4. The Bertz CT molecular complexity index is 1470. The molecule has 0 aromatic heterocycles. The highest BCUT2D eigenvalue weighted by molar-refractivity contribution is 7.20. The van der Waals surface area contributed by atoms with Crippen LogP contribution < -0.4 is 12.7 Å². The lowest BCUT2D eigenvalue weighted by Gasteiger charge is -2.69. The third-order valence-corrected chi connectivity index (χ3v) is 25.3. The van der Waals surface area contributed by atoms with Crippen molar-refractivity contribution in [3.63, 3.8) is 0 Å². The molecular weight excluding hydrogens is 700 g/mol. The Labute approximate surface area is 247 Å². The van der Waals surface area contributed by atoms with E-state index in [1.807, 2.05) is 0 Å². The monoisotopic (exact) mass is 717 g/mol. The molecule has 1 aliphatic rings. The molecule has 0 radical (unpaired) electrons. The van der Waals surface area contributed by atoms with Gasteiger partial charge in [0.25, 0.3) is 0 Å². The molecule has 0 N–H and O–H groups in total. The molecule has 0 amide bonds. The maximum absolute atomic E-state index is 15.4. The molecule has 0 saturated carbocycles. The van der Waals surface area contributed by atoms with E-state index in [0.717, 1.165) is 39.3 Å². The number of benzene rings is 3. The second-order valence-corrected chi connectivity index (χ2v) is 24.2. The fraction of sp³-hybridized carbons (Fsp3) is 0.250. The van der Waals surface area contributed by atoms with E-state index in [9.17, 15) is 39.5 Å². The number of hydrogen-bond donors (Lipinski definition) is 0. The van der Waals surface area contributed by atoms with Crippen molar-refractivity contribution in [3.05, 3.63) is 87.3 Å². The molecule has 3 nitrogen and oxygen atoms in total. The van der Waals surface area contributed by atoms with Crippen LogP contribution in [0.5, 0.6) is 0 Å². The molecule has 1 saturated heterocycles. The van der Waals surface area contributed by atoms with Gasteiger partial charge in [-0.1, -0.05) is 0 Å². The highest BCUT2D eigenvalue weighted by atomic mass is 28.5. The van der Waals surface area contributed by atoms with E-state index in [2.05, 4.69) is 0 Å². The van der Waals surface area contributed by atoms with Crippen molar-refractivity contribution in [2.75, 3.05) is 12.7 Å². The van der Waals surface area contributed by atoms with E-state index in [1.165, 1.54) is 0 Å². The SMILES string of the molecule is C[Si]1(C)N(c2c(F)c(F)c(F)c(F)c2F)[Si](C)(C)N(c2c(F)c(F)c(F)c(F)c2F)[Si](C)(C)N1c1c(F)c(F)c(F)c(F)c1F. The van der Waals surface area contributed by atoms with Crippen LogP contribution in [-0.4, -0.2) is 25.2 Å². The molecule has 246 valence electrons. The summed E-state index contributed by atoms with van der Waals surface area (Å²) in [5.74, 6) is -38.7. The van der Waals surface area contributed by atoms with Gasteiger partial charge in [-0.3, -0.25) is 0 Å². The third kappa shape index (κ3) is 4.47. The Balaban J connectivity index is 2.30. The molecule has 1 aliphatic heterocycles. The van der Waals surface area contributed by atoms with E-state index in [1.54, 1.807) is 0 Å². The number of nitrogens with zero attached hydrogens (tertiary/aromatic N) is 3. The molecule has 3 aromatic carbocycles. The summed E-state index contributed by atoms with van der Waals surface area (Å²) >= 11 is 0. The minimum atomic E-state index is -4.73. The van der Waals surface area contributed by atoms with Crippen LogP contribution in [0, 0.1) is 87.3 Å². The van der Waals surface area contributed by atoms with Gasteiger partial charge in [0, 0.05) is 0 Å². The number of halogens is 15. The molecule has 45 heavy (non-hydrogen) atoms. The summed E-state index contributed by atoms with van der Waals surface area (Å²) in [6.45, 7) is 5.60. The zero-order chi connectivity index (χ0) is 34.6. The average Bonchev–Trinajstić information content (AvgIpc) is 2.95. The van der Waals surface area contributed by atoms with Gasteiger partial charge >= 0.3 is 0 Å². The van der Waals surface area contributed by atoms with Crippen molar-refractivity contribution >= 4 is 42.3 Å². The van der Waals surface area contributed by atoms with Gasteiger partial charge in [-0.15, -0.1) is 0 Å². The fourth-order valence-electron chi connectivity index (χ4n) is 6.32. The Morgan fingerprint density at radius 2 is 0.356 bits per heavy atom. The largest absolute Gasteiger partial charge is 0.388 e. The fourth-order valence-corrected chi connectivity index (χ4v) is 30.2. The lowest BCUT2D eigenvalue weighted by atomic mass is 10.2. The topological polar surface area (TPSA) is 9.72 Å². The van der Waals surface area contributed by atoms with Crippen molar-refractivity contribution < 1.29 is 65.9 Å². The quantitative estimate of drug-likeness (QED) is 0.116. The second-order valence-electron chi connectivity index (χ2n) is 11.2. The van der Waals surface area contributed by atoms with E-state index in [0.29, 0.717) is 12.7 Å². The predicted molar refractivity (Wildman–Crippen MR) is 139 cm³/mol. The summed E-state index contributed by atoms with van der Waals surface area (Å²) < 4.78 is 223. The van der Waals surface area contributed by atoms with Crippen LogP contribution >= 0.6 is 0 Å². The van der Waals surface area contributed by atoms with E-state index in [4.69, 9.17) is 0 Å². The van der Waals surface area contributed by atoms with Crippen molar-refractivity contribution in [2.24, 2.45) is 0 Å². The summed E-state index contributed by atoms with van der Waals surface area (Å²) in [5.41, 5.74) is -5.48. The molecular formula is C24H18F15N3Si3. The van der Waals surface area contributed by atoms with Crippen molar-refractivity contribution in [2.45, 2.75) is 39.3 Å². The molecule has 0 atom stereocenters. The summed E-state index contributed by atoms with van der Waals surface area (Å²) in [4.78, 5) is 0. The lowest BCUT2D eigenvalue weighted by Crippen LogP contribution is -2.91. The van der Waals surface area contributed by atoms with Crippen molar-refractivity contribution in [1.82, 2.24) is 0 Å². The molecule has 1 heterocycles. The van der Waals surface area contributed by atoms with Crippen LogP contribution in [-0.2, 0) is 0 Å². The molecule has 0 spiro atoms. The van der Waals surface area contributed by atoms with E-state index in [-0.39, 0.29) is 0 Å². The van der Waals surface area contributed by atoms with Crippen molar-refractivity contribution in [1.29, 1.82) is 0 Å². The first kappa shape index (κ1) is 34.5. The first-order valence-corrected chi connectivity index (χ1v) is 21.0. The van der Waals surface area contributed by atoms with Crippen LogP contribution in [0.15, 0.2) is 0 Å². The number of rotatable bonds is 3. The normalized spacial score (nSPS) is 17.4. The highest BCUT2D eigenvalue weighted by Crippen LogP contribution is 2.50. The smallest absolute Gasteiger partial charge is 0.244 e. The predicted octanol–water partition coefficient (Wildman–Crippen LogP) is 8.71. The van der Waals surface area contributed by atoms with Crippen LogP contribution in [0.3, 0.4) is 0 Å². The summed E-state index contributed by atoms with van der Waals surface area (Å²) in [6, 6.07) is 0. The van der Waals surface area contributed by atoms with Crippen LogP contribution in [0.4, 0.5) is 82.9 Å². The van der Waals surface area contributed by atoms with Crippen LogP contribution in [0.2, 0.25) is 39.3 Å². The van der Waals surface area contributed by atoms with Crippen LogP contribution in [0.25, 0.3) is 0 Å². The van der Waals surface area contributed by atoms with E-state index >= 15 is 26.3 Å². The standard InChI is InChI=1S/C24H18F15N3Si3/c1-43(2)40(22-16(34)10(28)7(25)11(29)17(22)35)44(3,4)42(24-20(38)14(32)9(27)15(33)21(24)39)45(5,6)41(43)23-18(36)12(30)8(26)13(31)19(23)37/h1-6H3. The summed E-state index contributed by atoms with van der Waals surface area (Å²) in [6.07, 6.45) is 0. The maximum Gasteiger partial charge on any atom is 0.244 e. The van der Waals surface area contributed by atoms with Gasteiger partial charge in [-0.2, -0.15) is 0 Å². The van der Waals surface area contributed by atoms with Gasteiger partial charge < -0.3 is 12.7 Å². The lowest BCUT2D eigenvalue weighted by molar-refractivity contribution is 0.379. The highest BCUT2D eigenvalue weighted by Gasteiger charge is 2.65. The van der Waals surface area contributed by atoms with Gasteiger partial charge in [0.2, 0.25) is 42.6 Å². The Hall–Kier alpha value is -3.34. The first-order chi connectivity index (χ1) is 20.4. The first-order valence-electron chi connectivity index (χ1n) is 12.3. The molecule has 0 aliphatic carbocycles. The molecule has 3 aromatic rings. The zero-order valence-electron chi connectivity index (χ0n) is 23.5.